The number of nitrogens with one attached hydrogen (secondary N) is 1. The lowest BCUT2D eigenvalue weighted by molar-refractivity contribution is -0.141. The topological polar surface area (TPSA) is 54.5 Å². The zero-order valence-electron chi connectivity index (χ0n) is 11.5. The van der Waals surface area contributed by atoms with Crippen molar-refractivity contribution in [3.63, 3.8) is 0 Å². The molecule has 4 nitrogen and oxygen atoms in total. The van der Waals surface area contributed by atoms with Crippen LogP contribution in [0.1, 0.15) is 11.3 Å². The Morgan fingerprint density at radius 2 is 1.68 bits per heavy atom. The van der Waals surface area contributed by atoms with Crippen LogP contribution in [0, 0.1) is 6.92 Å². The normalized spacial score (nSPS) is 11.6. The number of hydrogen-bond donors (Lipinski definition) is 1. The fourth-order valence-electron chi connectivity index (χ4n) is 1.96. The highest BCUT2D eigenvalue weighted by atomic mass is 19.4. The first kappa shape index (κ1) is 14.2. The van der Waals surface area contributed by atoms with Gasteiger partial charge >= 0.3 is 6.18 Å². The van der Waals surface area contributed by atoms with Crippen molar-refractivity contribution in [2.45, 2.75) is 13.1 Å². The van der Waals surface area contributed by atoms with E-state index in [0.29, 0.717) is 11.4 Å². The van der Waals surface area contributed by atoms with Gasteiger partial charge in [0, 0.05) is 5.56 Å². The molecular weight excluding hydrogens is 293 g/mol. The summed E-state index contributed by atoms with van der Waals surface area (Å²) in [7, 11) is 0. The molecule has 0 radical (unpaired) electrons. The number of halogens is 3. The third-order valence-electron chi connectivity index (χ3n) is 3.13. The molecule has 7 heteroatoms. The first-order valence-corrected chi connectivity index (χ1v) is 6.45. The molecule has 1 N–H and O–H groups in total. The second-order valence-electron chi connectivity index (χ2n) is 4.82. The lowest BCUT2D eigenvalue weighted by Crippen LogP contribution is -2.04. The summed E-state index contributed by atoms with van der Waals surface area (Å²) in [6.07, 6.45) is -1.53. The molecule has 0 bridgehead atoms. The van der Waals surface area contributed by atoms with Gasteiger partial charge in [-0.1, -0.05) is 29.8 Å². The third kappa shape index (κ3) is 2.83. The van der Waals surface area contributed by atoms with Crippen LogP contribution >= 0.6 is 0 Å². The number of alkyl halides is 3. The summed E-state index contributed by atoms with van der Waals surface area (Å²) in [5.74, 6) is 0. The van der Waals surface area contributed by atoms with Crippen LogP contribution in [-0.2, 0) is 6.18 Å². The molecule has 0 aliphatic rings. The molecule has 0 atom stereocenters. The number of aromatic nitrogens is 4. The molecule has 0 amide bonds. The molecule has 0 fully saturated rings. The van der Waals surface area contributed by atoms with Crippen LogP contribution in [-0.4, -0.2) is 20.2 Å². The molecule has 0 unspecified atom stereocenters. The van der Waals surface area contributed by atoms with Crippen LogP contribution in [0.3, 0.4) is 0 Å². The van der Waals surface area contributed by atoms with E-state index in [2.05, 4.69) is 20.2 Å². The van der Waals surface area contributed by atoms with Crippen molar-refractivity contribution in [1.82, 2.24) is 20.2 Å². The molecule has 0 aliphatic heterocycles. The molecule has 3 aromatic rings. The van der Waals surface area contributed by atoms with Crippen LogP contribution < -0.4 is 0 Å². The first-order valence-electron chi connectivity index (χ1n) is 6.45. The lowest BCUT2D eigenvalue weighted by atomic mass is 10.1. The summed E-state index contributed by atoms with van der Waals surface area (Å²) in [5, 5.41) is 5.60. The molecule has 112 valence electrons. The van der Waals surface area contributed by atoms with Crippen molar-refractivity contribution in [2.24, 2.45) is 0 Å². The van der Waals surface area contributed by atoms with Crippen molar-refractivity contribution >= 4 is 0 Å². The Labute approximate surface area is 124 Å². The molecule has 3 rings (SSSR count). The van der Waals surface area contributed by atoms with Gasteiger partial charge in [-0.3, -0.25) is 10.1 Å². The molecule has 0 spiro atoms. The Balaban J connectivity index is 1.97. The van der Waals surface area contributed by atoms with E-state index >= 15 is 0 Å². The molecule has 0 saturated heterocycles. The van der Waals surface area contributed by atoms with E-state index in [1.54, 1.807) is 6.20 Å². The van der Waals surface area contributed by atoms with Gasteiger partial charge in [0.05, 0.1) is 23.8 Å². The average Bonchev–Trinajstić information content (AvgIpc) is 2.98. The van der Waals surface area contributed by atoms with Crippen LogP contribution in [0.4, 0.5) is 13.2 Å². The van der Waals surface area contributed by atoms with Gasteiger partial charge in [0.25, 0.3) is 0 Å². The van der Waals surface area contributed by atoms with Gasteiger partial charge < -0.3 is 0 Å². The van der Waals surface area contributed by atoms with E-state index in [4.69, 9.17) is 0 Å². The summed E-state index contributed by atoms with van der Waals surface area (Å²) in [4.78, 5) is 8.38. The molecule has 2 heterocycles. The van der Waals surface area contributed by atoms with Crippen LogP contribution in [0.25, 0.3) is 22.6 Å². The maximum Gasteiger partial charge on any atom is 0.435 e. The summed E-state index contributed by atoms with van der Waals surface area (Å²) in [5.41, 5.74) is 2.03. The van der Waals surface area contributed by atoms with E-state index in [-0.39, 0.29) is 5.69 Å². The Bertz CT molecular complexity index is 791. The number of aromatic amines is 1. The van der Waals surface area contributed by atoms with Crippen molar-refractivity contribution < 1.29 is 13.2 Å². The molecule has 0 aliphatic carbocycles. The second kappa shape index (κ2) is 5.25. The van der Waals surface area contributed by atoms with E-state index in [0.717, 1.165) is 17.2 Å². The zero-order valence-corrected chi connectivity index (χ0v) is 11.5. The van der Waals surface area contributed by atoms with E-state index < -0.39 is 11.9 Å². The van der Waals surface area contributed by atoms with Gasteiger partial charge in [-0.05, 0) is 13.0 Å². The Kier molecular flexibility index (Phi) is 3.40. The van der Waals surface area contributed by atoms with Crippen LogP contribution in [0.5, 0.6) is 0 Å². The fourth-order valence-corrected chi connectivity index (χ4v) is 1.96. The first-order chi connectivity index (χ1) is 10.4. The van der Waals surface area contributed by atoms with Crippen molar-refractivity contribution in [3.8, 4) is 22.6 Å². The van der Waals surface area contributed by atoms with Gasteiger partial charge in [-0.15, -0.1) is 0 Å². The highest BCUT2D eigenvalue weighted by Gasteiger charge is 2.34. The number of benzene rings is 1. The van der Waals surface area contributed by atoms with Crippen molar-refractivity contribution in [3.05, 3.63) is 54.0 Å². The van der Waals surface area contributed by atoms with Crippen molar-refractivity contribution in [2.75, 3.05) is 0 Å². The average molecular weight is 304 g/mol. The number of H-pyrrole nitrogens is 1. The second-order valence-corrected chi connectivity index (χ2v) is 4.82. The third-order valence-corrected chi connectivity index (χ3v) is 3.13. The van der Waals surface area contributed by atoms with Gasteiger partial charge in [0.1, 0.15) is 5.69 Å². The highest BCUT2D eigenvalue weighted by Crippen LogP contribution is 2.30. The monoisotopic (exact) mass is 304 g/mol. The summed E-state index contributed by atoms with van der Waals surface area (Å²) < 4.78 is 37.7. The predicted octanol–water partition coefficient (Wildman–Crippen LogP) is 3.86. The molecule has 22 heavy (non-hydrogen) atoms. The minimum Gasteiger partial charge on any atom is -0.276 e. The quantitative estimate of drug-likeness (QED) is 0.782. The molecule has 1 aromatic carbocycles. The van der Waals surface area contributed by atoms with Crippen molar-refractivity contribution in [1.29, 1.82) is 0 Å². The number of rotatable bonds is 2. The van der Waals surface area contributed by atoms with Gasteiger partial charge in [-0.2, -0.15) is 18.3 Å². The number of nitrogens with zero attached hydrogens (tertiary/aromatic N) is 3. The standard InChI is InChI=1S/C15H11F3N4/c1-9-2-4-10(5-3-9)12-7-19-8-13(20-12)11-6-14(22-21-11)15(16,17)18/h2-8H,1H3,(H,21,22). The Morgan fingerprint density at radius 1 is 1.00 bits per heavy atom. The van der Waals surface area contributed by atoms with E-state index in [1.807, 2.05) is 31.2 Å². The van der Waals surface area contributed by atoms with Crippen LogP contribution in [0.2, 0.25) is 0 Å². The lowest BCUT2D eigenvalue weighted by Gasteiger charge is -2.03. The molecular formula is C15H11F3N4. The molecule has 0 saturated carbocycles. The number of aryl methyl sites for hydroxylation is 1. The minimum atomic E-state index is -4.49. The number of hydrogen-bond acceptors (Lipinski definition) is 3. The zero-order chi connectivity index (χ0) is 15.7. The summed E-state index contributed by atoms with van der Waals surface area (Å²) in [6.45, 7) is 1.97. The Morgan fingerprint density at radius 3 is 2.32 bits per heavy atom. The largest absolute Gasteiger partial charge is 0.435 e. The predicted molar refractivity (Wildman–Crippen MR) is 74.8 cm³/mol. The Hall–Kier alpha value is -2.70. The highest BCUT2D eigenvalue weighted by molar-refractivity contribution is 5.63. The van der Waals surface area contributed by atoms with E-state index in [9.17, 15) is 13.2 Å². The minimum absolute atomic E-state index is 0.175. The fraction of sp³-hybridized carbons (Fsp3) is 0.133. The van der Waals surface area contributed by atoms with Gasteiger partial charge in [-0.25, -0.2) is 4.98 Å². The van der Waals surface area contributed by atoms with Crippen LogP contribution in [0.15, 0.2) is 42.7 Å². The smallest absolute Gasteiger partial charge is 0.276 e. The van der Waals surface area contributed by atoms with Gasteiger partial charge in [0.15, 0.2) is 5.69 Å². The maximum absolute atomic E-state index is 12.6. The summed E-state index contributed by atoms with van der Waals surface area (Å²) in [6, 6.07) is 8.56. The molecule has 2 aromatic heterocycles. The van der Waals surface area contributed by atoms with Gasteiger partial charge in [0.2, 0.25) is 0 Å². The maximum atomic E-state index is 12.6. The summed E-state index contributed by atoms with van der Waals surface area (Å²) >= 11 is 0. The SMILES string of the molecule is Cc1ccc(-c2cncc(-c3cc(C(F)(F)F)n[nH]3)n2)cc1. The van der Waals surface area contributed by atoms with E-state index in [1.165, 1.54) is 6.20 Å².